The Morgan fingerprint density at radius 2 is 2.00 bits per heavy atom. The van der Waals surface area contributed by atoms with Crippen LogP contribution in [0.3, 0.4) is 0 Å². The number of nitrogens with zero attached hydrogens (tertiary/aromatic N) is 2. The zero-order valence-corrected chi connectivity index (χ0v) is 13.2. The minimum Gasteiger partial charge on any atom is -0.496 e. The molecule has 1 N–H and O–H groups in total. The number of amides is 1. The van der Waals surface area contributed by atoms with Gasteiger partial charge in [0, 0.05) is 11.8 Å². The van der Waals surface area contributed by atoms with Gasteiger partial charge in [0.25, 0.3) is 5.91 Å². The summed E-state index contributed by atoms with van der Waals surface area (Å²) in [6.07, 6.45) is 1.29. The molecule has 0 radical (unpaired) electrons. The van der Waals surface area contributed by atoms with Crippen LogP contribution in [0.15, 0.2) is 18.3 Å². The van der Waals surface area contributed by atoms with Gasteiger partial charge < -0.3 is 10.1 Å². The molecule has 0 spiro atoms. The number of hydrogen-bond donors (Lipinski definition) is 1. The molecule has 21 heavy (non-hydrogen) atoms. The fraction of sp³-hybridized carbons (Fsp3) is 0.214. The zero-order chi connectivity index (χ0) is 15.6. The van der Waals surface area contributed by atoms with Gasteiger partial charge in [0.2, 0.25) is 5.28 Å². The largest absolute Gasteiger partial charge is 0.496 e. The van der Waals surface area contributed by atoms with Crippen LogP contribution in [0.1, 0.15) is 21.5 Å². The second kappa shape index (κ2) is 6.28. The number of halogens is 2. The van der Waals surface area contributed by atoms with Crippen LogP contribution in [0.2, 0.25) is 10.4 Å². The van der Waals surface area contributed by atoms with Gasteiger partial charge in [0.1, 0.15) is 10.9 Å². The number of carbonyl (C=O) groups excluding carboxylic acids is 1. The third-order valence-corrected chi connectivity index (χ3v) is 3.51. The first-order chi connectivity index (χ1) is 9.93. The average Bonchev–Trinajstić information content (AvgIpc) is 2.43. The van der Waals surface area contributed by atoms with Gasteiger partial charge in [0.05, 0.1) is 18.4 Å². The lowest BCUT2D eigenvalue weighted by atomic mass is 10.1. The Labute approximate surface area is 132 Å². The van der Waals surface area contributed by atoms with Crippen LogP contribution in [-0.4, -0.2) is 23.0 Å². The third kappa shape index (κ3) is 3.25. The second-order valence-corrected chi connectivity index (χ2v) is 5.08. The standard InChI is InChI=1S/C14H13Cl2N3O2/c1-7-4-5-10(21-3)8(2)11(7)18-13(20)9-6-17-14(16)19-12(9)15/h4-6H,1-3H3,(H,18,20). The molecule has 0 saturated carbocycles. The lowest BCUT2D eigenvalue weighted by Crippen LogP contribution is -2.15. The van der Waals surface area contributed by atoms with E-state index >= 15 is 0 Å². The first kappa shape index (κ1) is 15.5. The van der Waals surface area contributed by atoms with E-state index in [0.29, 0.717) is 11.4 Å². The fourth-order valence-corrected chi connectivity index (χ4v) is 2.31. The smallest absolute Gasteiger partial charge is 0.260 e. The molecule has 0 aliphatic carbocycles. The number of hydrogen-bond acceptors (Lipinski definition) is 4. The van der Waals surface area contributed by atoms with E-state index in [-0.39, 0.29) is 16.0 Å². The summed E-state index contributed by atoms with van der Waals surface area (Å²) in [4.78, 5) is 19.8. The number of aromatic nitrogens is 2. The van der Waals surface area contributed by atoms with Gasteiger partial charge in [-0.25, -0.2) is 9.97 Å². The van der Waals surface area contributed by atoms with Crippen molar-refractivity contribution >= 4 is 34.8 Å². The van der Waals surface area contributed by atoms with Gasteiger partial charge in [0.15, 0.2) is 0 Å². The highest BCUT2D eigenvalue weighted by molar-refractivity contribution is 6.34. The minimum absolute atomic E-state index is 0.00528. The molecule has 1 aromatic carbocycles. The molecule has 2 rings (SSSR count). The van der Waals surface area contributed by atoms with E-state index in [9.17, 15) is 4.79 Å². The Balaban J connectivity index is 2.36. The molecule has 0 atom stereocenters. The Bertz CT molecular complexity index is 705. The van der Waals surface area contributed by atoms with Gasteiger partial charge in [-0.15, -0.1) is 0 Å². The predicted molar refractivity (Wildman–Crippen MR) is 82.5 cm³/mol. The van der Waals surface area contributed by atoms with E-state index in [0.717, 1.165) is 11.1 Å². The molecule has 1 aromatic heterocycles. The maximum atomic E-state index is 12.3. The summed E-state index contributed by atoms with van der Waals surface area (Å²) in [5, 5.41) is 2.80. The van der Waals surface area contributed by atoms with Gasteiger partial charge in [-0.2, -0.15) is 0 Å². The van der Waals surface area contributed by atoms with Gasteiger partial charge in [-0.1, -0.05) is 17.7 Å². The van der Waals surface area contributed by atoms with Gasteiger partial charge >= 0.3 is 0 Å². The normalized spacial score (nSPS) is 10.3. The lowest BCUT2D eigenvalue weighted by molar-refractivity contribution is 0.102. The Morgan fingerprint density at radius 1 is 1.29 bits per heavy atom. The van der Waals surface area contributed by atoms with Crippen molar-refractivity contribution in [3.63, 3.8) is 0 Å². The topological polar surface area (TPSA) is 64.1 Å². The quantitative estimate of drug-likeness (QED) is 0.690. The molecule has 7 heteroatoms. The van der Waals surface area contributed by atoms with Gasteiger partial charge in [-0.3, -0.25) is 4.79 Å². The highest BCUT2D eigenvalue weighted by Gasteiger charge is 2.16. The number of benzene rings is 1. The van der Waals surface area contributed by atoms with Crippen LogP contribution in [0.25, 0.3) is 0 Å². The lowest BCUT2D eigenvalue weighted by Gasteiger charge is -2.14. The van der Waals surface area contributed by atoms with Crippen molar-refractivity contribution in [3.05, 3.63) is 45.5 Å². The molecule has 0 saturated heterocycles. The third-order valence-electron chi connectivity index (χ3n) is 3.04. The molecule has 110 valence electrons. The molecule has 0 aliphatic rings. The number of anilines is 1. The van der Waals surface area contributed by atoms with Crippen LogP contribution >= 0.6 is 23.2 Å². The fourth-order valence-electron chi connectivity index (χ4n) is 1.92. The number of rotatable bonds is 3. The van der Waals surface area contributed by atoms with Crippen LogP contribution in [0.5, 0.6) is 5.75 Å². The Hall–Kier alpha value is -1.85. The maximum Gasteiger partial charge on any atom is 0.260 e. The van der Waals surface area contributed by atoms with Crippen molar-refractivity contribution in [3.8, 4) is 5.75 Å². The molecule has 5 nitrogen and oxygen atoms in total. The van der Waals surface area contributed by atoms with Crippen molar-refractivity contribution < 1.29 is 9.53 Å². The minimum atomic E-state index is -0.406. The summed E-state index contributed by atoms with van der Waals surface area (Å²) in [7, 11) is 1.58. The number of ether oxygens (including phenoxy) is 1. The molecular weight excluding hydrogens is 313 g/mol. The van der Waals surface area contributed by atoms with E-state index in [1.54, 1.807) is 7.11 Å². The van der Waals surface area contributed by atoms with Crippen LogP contribution < -0.4 is 10.1 Å². The highest BCUT2D eigenvalue weighted by atomic mass is 35.5. The number of nitrogens with one attached hydrogen (secondary N) is 1. The Kier molecular flexibility index (Phi) is 4.65. The summed E-state index contributed by atoms with van der Waals surface area (Å²) in [6.45, 7) is 3.75. The van der Waals surface area contributed by atoms with Crippen LogP contribution in [0, 0.1) is 13.8 Å². The summed E-state index contributed by atoms with van der Waals surface area (Å²) in [5.74, 6) is 0.283. The molecule has 0 unspecified atom stereocenters. The van der Waals surface area contributed by atoms with Crippen molar-refractivity contribution in [2.75, 3.05) is 12.4 Å². The predicted octanol–water partition coefficient (Wildman–Crippen LogP) is 3.66. The maximum absolute atomic E-state index is 12.3. The summed E-state index contributed by atoms with van der Waals surface area (Å²) < 4.78 is 5.25. The monoisotopic (exact) mass is 325 g/mol. The van der Waals surface area contributed by atoms with Crippen molar-refractivity contribution in [1.29, 1.82) is 0 Å². The molecule has 1 amide bonds. The summed E-state index contributed by atoms with van der Waals surface area (Å²) in [6, 6.07) is 3.71. The van der Waals surface area contributed by atoms with E-state index in [1.165, 1.54) is 6.20 Å². The van der Waals surface area contributed by atoms with Crippen LogP contribution in [-0.2, 0) is 0 Å². The highest BCUT2D eigenvalue weighted by Crippen LogP contribution is 2.29. The molecule has 0 aliphatic heterocycles. The van der Waals surface area contributed by atoms with Crippen molar-refractivity contribution in [2.24, 2.45) is 0 Å². The summed E-state index contributed by atoms with van der Waals surface area (Å²) in [5.41, 5.74) is 2.57. The first-order valence-electron chi connectivity index (χ1n) is 6.07. The average molecular weight is 326 g/mol. The number of carbonyl (C=O) groups is 1. The second-order valence-electron chi connectivity index (χ2n) is 4.38. The SMILES string of the molecule is COc1ccc(C)c(NC(=O)c2cnc(Cl)nc2Cl)c1C. The Morgan fingerprint density at radius 3 is 2.62 bits per heavy atom. The molecule has 1 heterocycles. The van der Waals surface area contributed by atoms with E-state index in [4.69, 9.17) is 27.9 Å². The van der Waals surface area contributed by atoms with E-state index in [1.807, 2.05) is 26.0 Å². The molecular formula is C14H13Cl2N3O2. The first-order valence-corrected chi connectivity index (χ1v) is 6.83. The van der Waals surface area contributed by atoms with Gasteiger partial charge in [-0.05, 0) is 37.1 Å². The van der Waals surface area contributed by atoms with Crippen molar-refractivity contribution in [1.82, 2.24) is 9.97 Å². The molecule has 2 aromatic rings. The van der Waals surface area contributed by atoms with E-state index in [2.05, 4.69) is 15.3 Å². The van der Waals surface area contributed by atoms with E-state index < -0.39 is 5.91 Å². The molecule has 0 fully saturated rings. The number of aryl methyl sites for hydroxylation is 1. The zero-order valence-electron chi connectivity index (χ0n) is 11.7. The van der Waals surface area contributed by atoms with Crippen molar-refractivity contribution in [2.45, 2.75) is 13.8 Å². The van der Waals surface area contributed by atoms with Crippen LogP contribution in [0.4, 0.5) is 5.69 Å². The molecule has 0 bridgehead atoms. The number of methoxy groups -OCH3 is 1. The summed E-state index contributed by atoms with van der Waals surface area (Å²) >= 11 is 11.5.